The van der Waals surface area contributed by atoms with E-state index in [-0.39, 0.29) is 5.91 Å². The summed E-state index contributed by atoms with van der Waals surface area (Å²) in [6.45, 7) is 2.75. The van der Waals surface area contributed by atoms with Crippen molar-refractivity contribution in [2.24, 2.45) is 0 Å². The molecule has 0 aliphatic carbocycles. The third-order valence-corrected chi connectivity index (χ3v) is 4.00. The van der Waals surface area contributed by atoms with Gasteiger partial charge in [0.1, 0.15) is 5.75 Å². The Balaban J connectivity index is 1.78. The molecule has 0 aromatic heterocycles. The Morgan fingerprint density at radius 3 is 2.86 bits per heavy atom. The van der Waals surface area contributed by atoms with Gasteiger partial charge in [0.05, 0.1) is 7.11 Å². The van der Waals surface area contributed by atoms with Gasteiger partial charge in [-0.2, -0.15) is 0 Å². The average Bonchev–Trinajstić information content (AvgIpc) is 2.98. The van der Waals surface area contributed by atoms with Crippen LogP contribution in [0.5, 0.6) is 5.75 Å². The molecule has 3 heteroatoms. The van der Waals surface area contributed by atoms with Gasteiger partial charge >= 0.3 is 0 Å². The third kappa shape index (κ3) is 2.75. The van der Waals surface area contributed by atoms with Crippen molar-refractivity contribution in [1.82, 2.24) is 0 Å². The molecule has 0 bridgehead atoms. The maximum absolute atomic E-state index is 12.4. The van der Waals surface area contributed by atoms with Gasteiger partial charge in [0.25, 0.3) is 5.91 Å². The molecule has 3 nitrogen and oxygen atoms in total. The Labute approximate surface area is 130 Å². The number of ether oxygens (including phenoxy) is 1. The molecule has 0 N–H and O–H groups in total. The number of carbonyl (C=O) groups is 1. The number of benzene rings is 2. The number of carbonyl (C=O) groups excluding carboxylic acids is 1. The van der Waals surface area contributed by atoms with E-state index in [0.29, 0.717) is 0 Å². The first-order valence-corrected chi connectivity index (χ1v) is 7.41. The van der Waals surface area contributed by atoms with Gasteiger partial charge < -0.3 is 9.64 Å². The molecule has 1 heterocycles. The molecule has 1 amide bonds. The van der Waals surface area contributed by atoms with Crippen LogP contribution in [-0.2, 0) is 11.2 Å². The Morgan fingerprint density at radius 2 is 2.05 bits per heavy atom. The number of fused-ring (bicyclic) bond motifs is 1. The molecule has 0 atom stereocenters. The zero-order valence-electron chi connectivity index (χ0n) is 12.9. The first-order chi connectivity index (χ1) is 10.7. The Kier molecular flexibility index (Phi) is 3.96. The second-order valence-electron chi connectivity index (χ2n) is 5.43. The van der Waals surface area contributed by atoms with Crippen LogP contribution in [0.4, 0.5) is 5.69 Å². The summed E-state index contributed by atoms with van der Waals surface area (Å²) >= 11 is 0. The molecule has 1 aliphatic rings. The van der Waals surface area contributed by atoms with E-state index in [4.69, 9.17) is 4.74 Å². The molecular formula is C19H19NO2. The van der Waals surface area contributed by atoms with Crippen LogP contribution in [0, 0.1) is 6.92 Å². The number of amides is 1. The monoisotopic (exact) mass is 293 g/mol. The highest BCUT2D eigenvalue weighted by atomic mass is 16.5. The second kappa shape index (κ2) is 6.06. The normalized spacial score (nSPS) is 13.5. The topological polar surface area (TPSA) is 29.5 Å². The summed E-state index contributed by atoms with van der Waals surface area (Å²) in [4.78, 5) is 14.2. The van der Waals surface area contributed by atoms with E-state index in [1.165, 1.54) is 5.56 Å². The van der Waals surface area contributed by atoms with Gasteiger partial charge in [-0.25, -0.2) is 0 Å². The van der Waals surface area contributed by atoms with E-state index in [9.17, 15) is 4.79 Å². The highest BCUT2D eigenvalue weighted by molar-refractivity contribution is 6.05. The Hall–Kier alpha value is -2.55. The van der Waals surface area contributed by atoms with Crippen molar-refractivity contribution in [3.8, 4) is 5.75 Å². The van der Waals surface area contributed by atoms with E-state index in [1.54, 1.807) is 13.2 Å². The quantitative estimate of drug-likeness (QED) is 0.809. The maximum Gasteiger partial charge on any atom is 0.251 e. The lowest BCUT2D eigenvalue weighted by molar-refractivity contribution is -0.114. The van der Waals surface area contributed by atoms with E-state index in [0.717, 1.165) is 35.5 Å². The fourth-order valence-corrected chi connectivity index (χ4v) is 2.76. The molecular weight excluding hydrogens is 274 g/mol. The van der Waals surface area contributed by atoms with Crippen LogP contribution in [0.1, 0.15) is 16.7 Å². The summed E-state index contributed by atoms with van der Waals surface area (Å²) in [6, 6.07) is 14.0. The van der Waals surface area contributed by atoms with Crippen LogP contribution in [0.2, 0.25) is 0 Å². The summed E-state index contributed by atoms with van der Waals surface area (Å²) in [7, 11) is 1.65. The molecule has 0 radical (unpaired) electrons. The van der Waals surface area contributed by atoms with Crippen LogP contribution >= 0.6 is 0 Å². The number of hydrogen-bond donors (Lipinski definition) is 0. The van der Waals surface area contributed by atoms with E-state index in [1.807, 2.05) is 54.3 Å². The third-order valence-electron chi connectivity index (χ3n) is 4.00. The number of aryl methyl sites for hydroxylation is 1. The minimum atomic E-state index is 0.0180. The second-order valence-corrected chi connectivity index (χ2v) is 5.43. The Morgan fingerprint density at radius 1 is 1.23 bits per heavy atom. The standard InChI is InChI=1S/C19H19NO2/c1-14-7-8-15(13-18(14)22-2)9-10-19(21)20-12-11-16-5-3-4-6-17(16)20/h3-10,13H,11-12H2,1-2H3/b10-9+. The van der Waals surface area contributed by atoms with E-state index >= 15 is 0 Å². The molecule has 0 saturated heterocycles. The van der Waals surface area contributed by atoms with Crippen LogP contribution in [-0.4, -0.2) is 19.6 Å². The van der Waals surface area contributed by atoms with Gasteiger partial charge in [-0.05, 0) is 48.2 Å². The first-order valence-electron chi connectivity index (χ1n) is 7.41. The lowest BCUT2D eigenvalue weighted by Gasteiger charge is -2.14. The average molecular weight is 293 g/mol. The van der Waals surface area contributed by atoms with Crippen molar-refractivity contribution in [1.29, 1.82) is 0 Å². The van der Waals surface area contributed by atoms with Crippen molar-refractivity contribution >= 4 is 17.7 Å². The molecule has 22 heavy (non-hydrogen) atoms. The maximum atomic E-state index is 12.4. The molecule has 0 saturated carbocycles. The summed E-state index contributed by atoms with van der Waals surface area (Å²) in [5, 5.41) is 0. The molecule has 1 aliphatic heterocycles. The largest absolute Gasteiger partial charge is 0.496 e. The molecule has 3 rings (SSSR count). The SMILES string of the molecule is COc1cc(/C=C/C(=O)N2CCc3ccccc32)ccc1C. The van der Waals surface area contributed by atoms with E-state index in [2.05, 4.69) is 6.07 Å². The highest BCUT2D eigenvalue weighted by Gasteiger charge is 2.22. The smallest absolute Gasteiger partial charge is 0.251 e. The van der Waals surface area contributed by atoms with Gasteiger partial charge in [0, 0.05) is 18.3 Å². The zero-order chi connectivity index (χ0) is 15.5. The molecule has 0 spiro atoms. The lowest BCUT2D eigenvalue weighted by atomic mass is 10.1. The number of nitrogens with zero attached hydrogens (tertiary/aromatic N) is 1. The van der Waals surface area contributed by atoms with Gasteiger partial charge in [-0.15, -0.1) is 0 Å². The number of anilines is 1. The zero-order valence-corrected chi connectivity index (χ0v) is 12.9. The summed E-state index contributed by atoms with van der Waals surface area (Å²) in [5.41, 5.74) is 4.31. The predicted molar refractivity (Wildman–Crippen MR) is 89.3 cm³/mol. The van der Waals surface area contributed by atoms with Crippen molar-refractivity contribution in [2.75, 3.05) is 18.6 Å². The van der Waals surface area contributed by atoms with Crippen molar-refractivity contribution in [3.63, 3.8) is 0 Å². The molecule has 0 fully saturated rings. The summed E-state index contributed by atoms with van der Waals surface area (Å²) in [6.07, 6.45) is 4.39. The van der Waals surface area contributed by atoms with Crippen molar-refractivity contribution in [3.05, 3.63) is 65.2 Å². The van der Waals surface area contributed by atoms with Crippen LogP contribution in [0.3, 0.4) is 0 Å². The number of methoxy groups -OCH3 is 1. The molecule has 112 valence electrons. The van der Waals surface area contributed by atoms with Crippen LogP contribution in [0.15, 0.2) is 48.5 Å². The fourth-order valence-electron chi connectivity index (χ4n) is 2.76. The molecule has 2 aromatic carbocycles. The lowest BCUT2D eigenvalue weighted by Crippen LogP contribution is -2.26. The Bertz CT molecular complexity index is 734. The summed E-state index contributed by atoms with van der Waals surface area (Å²) < 4.78 is 5.31. The number of hydrogen-bond acceptors (Lipinski definition) is 2. The number of rotatable bonds is 3. The number of para-hydroxylation sites is 1. The molecule has 0 unspecified atom stereocenters. The summed E-state index contributed by atoms with van der Waals surface area (Å²) in [5.74, 6) is 0.852. The van der Waals surface area contributed by atoms with Crippen LogP contribution < -0.4 is 9.64 Å². The predicted octanol–water partition coefficient (Wildman–Crippen LogP) is 3.61. The molecule has 2 aromatic rings. The minimum Gasteiger partial charge on any atom is -0.496 e. The fraction of sp³-hybridized carbons (Fsp3) is 0.211. The van der Waals surface area contributed by atoms with Gasteiger partial charge in [-0.1, -0.05) is 30.3 Å². The van der Waals surface area contributed by atoms with Gasteiger partial charge in [-0.3, -0.25) is 4.79 Å². The van der Waals surface area contributed by atoms with Crippen LogP contribution in [0.25, 0.3) is 6.08 Å². The highest BCUT2D eigenvalue weighted by Crippen LogP contribution is 2.27. The van der Waals surface area contributed by atoms with Crippen molar-refractivity contribution in [2.45, 2.75) is 13.3 Å². The minimum absolute atomic E-state index is 0.0180. The van der Waals surface area contributed by atoms with Crippen molar-refractivity contribution < 1.29 is 9.53 Å². The van der Waals surface area contributed by atoms with Gasteiger partial charge in [0.2, 0.25) is 0 Å². The first kappa shape index (κ1) is 14.4. The van der Waals surface area contributed by atoms with E-state index < -0.39 is 0 Å². The van der Waals surface area contributed by atoms with Gasteiger partial charge in [0.15, 0.2) is 0 Å².